The predicted molar refractivity (Wildman–Crippen MR) is 115 cm³/mol. The van der Waals surface area contributed by atoms with Gasteiger partial charge in [-0.05, 0) is 62.4 Å². The number of nitrogens with zero attached hydrogens (tertiary/aromatic N) is 2. The number of ether oxygens (including phenoxy) is 2. The van der Waals surface area contributed by atoms with Crippen molar-refractivity contribution in [3.05, 3.63) is 60.5 Å². The number of aromatic nitrogens is 1. The molecule has 0 aliphatic carbocycles. The highest BCUT2D eigenvalue weighted by Gasteiger charge is 2.31. The maximum absolute atomic E-state index is 12.5. The Labute approximate surface area is 188 Å². The molecule has 0 spiro atoms. The highest BCUT2D eigenvalue weighted by Crippen LogP contribution is 2.28. The first-order chi connectivity index (χ1) is 15.7. The van der Waals surface area contributed by atoms with Crippen molar-refractivity contribution in [3.8, 4) is 17.1 Å². The van der Waals surface area contributed by atoms with E-state index in [-0.39, 0.29) is 23.7 Å². The number of hydrogen-bond acceptors (Lipinski definition) is 6. The summed E-state index contributed by atoms with van der Waals surface area (Å²) in [5.41, 5.74) is 1.01. The number of pyridine rings is 1. The standard InChI is InChI=1S/C23H22F3N3O4/c1-14-12-29(13-15(2)31-14)21-10-5-17(11-27-21)28-22(30)20-9-8-19(32-20)16-3-6-18(7-4-16)33-23(24,25)26/h3-11,14-15H,12-13H2,1-2H3,(H,28,30)/t14-,15+. The summed E-state index contributed by atoms with van der Waals surface area (Å²) in [4.78, 5) is 19.1. The quantitative estimate of drug-likeness (QED) is 0.569. The van der Waals surface area contributed by atoms with E-state index in [1.165, 1.54) is 30.3 Å². The van der Waals surface area contributed by atoms with E-state index >= 15 is 0 Å². The second-order valence-corrected chi connectivity index (χ2v) is 7.76. The minimum atomic E-state index is -4.76. The van der Waals surface area contributed by atoms with Crippen LogP contribution in [0.15, 0.2) is 59.1 Å². The summed E-state index contributed by atoms with van der Waals surface area (Å²) in [7, 11) is 0. The van der Waals surface area contributed by atoms with Gasteiger partial charge in [0.25, 0.3) is 5.91 Å². The normalized spacial score (nSPS) is 18.8. The zero-order valence-electron chi connectivity index (χ0n) is 17.9. The Morgan fingerprint density at radius 2 is 1.76 bits per heavy atom. The number of alkyl halides is 3. The van der Waals surface area contributed by atoms with E-state index in [4.69, 9.17) is 9.15 Å². The van der Waals surface area contributed by atoms with E-state index in [1.807, 2.05) is 19.9 Å². The third kappa shape index (κ3) is 5.83. The number of carbonyl (C=O) groups excluding carboxylic acids is 1. The van der Waals surface area contributed by atoms with Gasteiger partial charge in [0, 0.05) is 18.7 Å². The van der Waals surface area contributed by atoms with Gasteiger partial charge in [-0.1, -0.05) is 0 Å². The lowest BCUT2D eigenvalue weighted by Gasteiger charge is -2.36. The van der Waals surface area contributed by atoms with Crippen LogP contribution in [0.25, 0.3) is 11.3 Å². The smallest absolute Gasteiger partial charge is 0.451 e. The number of halogens is 3. The van der Waals surface area contributed by atoms with Crippen molar-refractivity contribution in [2.24, 2.45) is 0 Å². The molecule has 3 aromatic rings. The van der Waals surface area contributed by atoms with Gasteiger partial charge in [-0.15, -0.1) is 13.2 Å². The summed E-state index contributed by atoms with van der Waals surface area (Å²) in [5, 5.41) is 2.72. The minimum absolute atomic E-state index is 0.0560. The first-order valence-corrected chi connectivity index (χ1v) is 10.3. The molecular weight excluding hydrogens is 439 g/mol. The number of nitrogens with one attached hydrogen (secondary N) is 1. The zero-order valence-corrected chi connectivity index (χ0v) is 17.9. The van der Waals surface area contributed by atoms with E-state index in [1.54, 1.807) is 18.3 Å². The van der Waals surface area contributed by atoms with Crippen molar-refractivity contribution in [3.63, 3.8) is 0 Å². The molecule has 0 radical (unpaired) electrons. The van der Waals surface area contributed by atoms with Gasteiger partial charge >= 0.3 is 6.36 Å². The Morgan fingerprint density at radius 1 is 1.06 bits per heavy atom. The van der Waals surface area contributed by atoms with Gasteiger partial charge in [-0.3, -0.25) is 4.79 Å². The highest BCUT2D eigenvalue weighted by molar-refractivity contribution is 6.02. The molecule has 10 heteroatoms. The molecule has 4 rings (SSSR count). The highest BCUT2D eigenvalue weighted by atomic mass is 19.4. The Hall–Kier alpha value is -3.53. The van der Waals surface area contributed by atoms with Gasteiger partial charge < -0.3 is 24.1 Å². The third-order valence-corrected chi connectivity index (χ3v) is 4.95. The van der Waals surface area contributed by atoms with Crippen LogP contribution in [-0.2, 0) is 4.74 Å². The number of morpholine rings is 1. The minimum Gasteiger partial charge on any atom is -0.451 e. The van der Waals surface area contributed by atoms with Gasteiger partial charge in [0.05, 0.1) is 24.1 Å². The van der Waals surface area contributed by atoms with E-state index in [0.29, 0.717) is 17.0 Å². The lowest BCUT2D eigenvalue weighted by molar-refractivity contribution is -0.274. The van der Waals surface area contributed by atoms with Gasteiger partial charge in [-0.25, -0.2) is 4.98 Å². The molecule has 1 saturated heterocycles. The first-order valence-electron chi connectivity index (χ1n) is 10.3. The molecule has 2 atom stereocenters. The lowest BCUT2D eigenvalue weighted by Crippen LogP contribution is -2.45. The average molecular weight is 461 g/mol. The largest absolute Gasteiger partial charge is 0.573 e. The van der Waals surface area contributed by atoms with Crippen LogP contribution in [0, 0.1) is 0 Å². The molecule has 0 unspecified atom stereocenters. The maximum atomic E-state index is 12.5. The zero-order chi connectivity index (χ0) is 23.6. The molecule has 7 nitrogen and oxygen atoms in total. The molecule has 0 bridgehead atoms. The van der Waals surface area contributed by atoms with Crippen molar-refractivity contribution in [1.82, 2.24) is 4.98 Å². The molecule has 1 aliphatic rings. The Bertz CT molecular complexity index is 1090. The molecule has 3 heterocycles. The van der Waals surface area contributed by atoms with Crippen LogP contribution in [0.3, 0.4) is 0 Å². The molecule has 1 amide bonds. The number of hydrogen-bond donors (Lipinski definition) is 1. The SMILES string of the molecule is C[C@@H]1CN(c2ccc(NC(=O)c3ccc(-c4ccc(OC(F)(F)F)cc4)o3)cn2)C[C@H](C)O1. The number of benzene rings is 1. The molecule has 0 saturated carbocycles. The molecule has 1 N–H and O–H groups in total. The fourth-order valence-corrected chi connectivity index (χ4v) is 3.64. The van der Waals surface area contributed by atoms with Crippen LogP contribution in [0.1, 0.15) is 24.4 Å². The lowest BCUT2D eigenvalue weighted by atomic mass is 10.2. The number of rotatable bonds is 5. The second kappa shape index (κ2) is 9.14. The molecule has 33 heavy (non-hydrogen) atoms. The van der Waals surface area contributed by atoms with Crippen LogP contribution in [-0.4, -0.2) is 42.6 Å². The Kier molecular flexibility index (Phi) is 6.28. The maximum Gasteiger partial charge on any atom is 0.573 e. The van der Waals surface area contributed by atoms with Crippen LogP contribution in [0.4, 0.5) is 24.7 Å². The molecule has 174 valence electrons. The van der Waals surface area contributed by atoms with Gasteiger partial charge in [0.15, 0.2) is 5.76 Å². The van der Waals surface area contributed by atoms with Crippen LogP contribution in [0.2, 0.25) is 0 Å². The monoisotopic (exact) mass is 461 g/mol. The van der Waals surface area contributed by atoms with Crippen molar-refractivity contribution < 1.29 is 31.9 Å². The summed E-state index contributed by atoms with van der Waals surface area (Å²) < 4.78 is 52.0. The van der Waals surface area contributed by atoms with Crippen LogP contribution in [0.5, 0.6) is 5.75 Å². The summed E-state index contributed by atoms with van der Waals surface area (Å²) >= 11 is 0. The molecule has 1 aromatic carbocycles. The summed E-state index contributed by atoms with van der Waals surface area (Å²) in [6.45, 7) is 5.50. The van der Waals surface area contributed by atoms with Crippen molar-refractivity contribution in [1.29, 1.82) is 0 Å². The average Bonchev–Trinajstić information content (AvgIpc) is 3.23. The van der Waals surface area contributed by atoms with Crippen LogP contribution < -0.4 is 15.0 Å². The van der Waals surface area contributed by atoms with E-state index < -0.39 is 12.3 Å². The van der Waals surface area contributed by atoms with Gasteiger partial charge in [-0.2, -0.15) is 0 Å². The molecule has 1 aliphatic heterocycles. The second-order valence-electron chi connectivity index (χ2n) is 7.76. The van der Waals surface area contributed by atoms with Gasteiger partial charge in [0.2, 0.25) is 0 Å². The molecular formula is C23H22F3N3O4. The number of amides is 1. The predicted octanol–water partition coefficient (Wildman–Crippen LogP) is 5.11. The topological polar surface area (TPSA) is 76.8 Å². The van der Waals surface area contributed by atoms with Crippen molar-refractivity contribution in [2.75, 3.05) is 23.3 Å². The third-order valence-electron chi connectivity index (χ3n) is 4.95. The van der Waals surface area contributed by atoms with Crippen LogP contribution >= 0.6 is 0 Å². The van der Waals surface area contributed by atoms with E-state index in [0.717, 1.165) is 18.9 Å². The fraction of sp³-hybridized carbons (Fsp3) is 0.304. The number of furan rings is 1. The fourth-order valence-electron chi connectivity index (χ4n) is 3.64. The Balaban J connectivity index is 1.38. The number of carbonyl (C=O) groups is 1. The summed E-state index contributed by atoms with van der Waals surface area (Å²) in [5.74, 6) is 0.380. The summed E-state index contributed by atoms with van der Waals surface area (Å²) in [6, 6.07) is 11.8. The number of anilines is 2. The van der Waals surface area contributed by atoms with Crippen molar-refractivity contribution >= 4 is 17.4 Å². The van der Waals surface area contributed by atoms with Gasteiger partial charge in [0.1, 0.15) is 17.3 Å². The first kappa shape index (κ1) is 22.7. The van der Waals surface area contributed by atoms with E-state index in [2.05, 4.69) is 19.9 Å². The Morgan fingerprint density at radius 3 is 2.36 bits per heavy atom. The van der Waals surface area contributed by atoms with Crippen molar-refractivity contribution in [2.45, 2.75) is 32.4 Å². The van der Waals surface area contributed by atoms with E-state index in [9.17, 15) is 18.0 Å². The summed E-state index contributed by atoms with van der Waals surface area (Å²) in [6.07, 6.45) is -2.97. The molecule has 1 fully saturated rings. The molecule has 2 aromatic heterocycles.